The monoisotopic (exact) mass is 516 g/mol. The number of methoxy groups -OCH3 is 1. The van der Waals surface area contributed by atoms with E-state index in [1.165, 1.54) is 11.8 Å². The van der Waals surface area contributed by atoms with Crippen LogP contribution >= 0.6 is 11.8 Å². The Morgan fingerprint density at radius 1 is 0.946 bits per heavy atom. The van der Waals surface area contributed by atoms with Gasteiger partial charge >= 0.3 is 0 Å². The van der Waals surface area contributed by atoms with Gasteiger partial charge in [0.2, 0.25) is 5.91 Å². The summed E-state index contributed by atoms with van der Waals surface area (Å²) >= 11 is 1.33. The molecule has 1 amide bonds. The Morgan fingerprint density at radius 3 is 2.30 bits per heavy atom. The first kappa shape index (κ1) is 26.3. The summed E-state index contributed by atoms with van der Waals surface area (Å²) in [5, 5.41) is 12.4. The normalized spacial score (nSPS) is 11.3. The fourth-order valence-electron chi connectivity index (χ4n) is 3.82. The second-order valence-electron chi connectivity index (χ2n) is 9.67. The van der Waals surface area contributed by atoms with Crippen LogP contribution in [0, 0.1) is 6.92 Å². The van der Waals surface area contributed by atoms with Crippen LogP contribution in [0.15, 0.2) is 78.0 Å². The molecule has 0 spiro atoms. The van der Waals surface area contributed by atoms with Crippen molar-refractivity contribution in [3.8, 4) is 17.2 Å². The van der Waals surface area contributed by atoms with Crippen LogP contribution in [0.3, 0.4) is 0 Å². The zero-order chi connectivity index (χ0) is 26.4. The molecule has 1 aromatic heterocycles. The number of nitrogens with one attached hydrogen (secondary N) is 1. The van der Waals surface area contributed by atoms with E-state index in [1.807, 2.05) is 84.3 Å². The Bertz CT molecular complexity index is 1340. The van der Waals surface area contributed by atoms with Gasteiger partial charge in [0.1, 0.15) is 18.1 Å². The summed E-state index contributed by atoms with van der Waals surface area (Å²) in [7, 11) is 1.63. The molecule has 0 fully saturated rings. The Labute approximate surface area is 222 Å². The molecule has 0 aliphatic heterocycles. The topological polar surface area (TPSA) is 78.3 Å². The lowest BCUT2D eigenvalue weighted by Gasteiger charge is -2.23. The standard InChI is InChI=1S/C29H32N4O3S/c1-20-10-14-23(15-11-20)36-18-26-31-32-28(33(26)21-12-16-22(35-5)17-13-21)37-19-27(34)30-25-9-7-6-8-24(25)29(2,3)4/h6-17H,18-19H2,1-5H3,(H,30,34). The van der Waals surface area contributed by atoms with Crippen LogP contribution in [-0.2, 0) is 16.8 Å². The SMILES string of the molecule is COc1ccc(-n2c(COc3ccc(C)cc3)nnc2SCC(=O)Nc2ccccc2C(C)(C)C)cc1. The first-order valence-electron chi connectivity index (χ1n) is 12.0. The van der Waals surface area contributed by atoms with E-state index >= 15 is 0 Å². The fraction of sp³-hybridized carbons (Fsp3) is 0.276. The quantitative estimate of drug-likeness (QED) is 0.267. The number of carbonyl (C=O) groups is 1. The summed E-state index contributed by atoms with van der Waals surface area (Å²) in [5.74, 6) is 2.21. The highest BCUT2D eigenvalue weighted by atomic mass is 32.2. The van der Waals surface area contributed by atoms with Gasteiger partial charge in [0.05, 0.1) is 12.9 Å². The average Bonchev–Trinajstić information content (AvgIpc) is 3.29. The highest BCUT2D eigenvalue weighted by Gasteiger charge is 2.20. The van der Waals surface area contributed by atoms with Crippen LogP contribution in [0.5, 0.6) is 11.5 Å². The van der Waals surface area contributed by atoms with E-state index in [1.54, 1.807) is 7.11 Å². The largest absolute Gasteiger partial charge is 0.497 e. The summed E-state index contributed by atoms with van der Waals surface area (Å²) in [6, 6.07) is 23.4. The lowest BCUT2D eigenvalue weighted by atomic mass is 9.86. The van der Waals surface area contributed by atoms with E-state index in [0.29, 0.717) is 11.0 Å². The van der Waals surface area contributed by atoms with Crippen molar-refractivity contribution in [2.75, 3.05) is 18.2 Å². The molecule has 192 valence electrons. The van der Waals surface area contributed by atoms with Gasteiger partial charge in [0.15, 0.2) is 11.0 Å². The summed E-state index contributed by atoms with van der Waals surface area (Å²) in [5.41, 5.74) is 3.84. The number of anilines is 1. The smallest absolute Gasteiger partial charge is 0.234 e. The minimum Gasteiger partial charge on any atom is -0.497 e. The Hall–Kier alpha value is -3.78. The van der Waals surface area contributed by atoms with Crippen LogP contribution in [0.2, 0.25) is 0 Å². The van der Waals surface area contributed by atoms with Crippen LogP contribution in [0.4, 0.5) is 5.69 Å². The van der Waals surface area contributed by atoms with Crippen molar-refractivity contribution in [3.63, 3.8) is 0 Å². The second-order valence-corrected chi connectivity index (χ2v) is 10.6. The molecule has 3 aromatic carbocycles. The Kier molecular flexibility index (Phi) is 8.18. The van der Waals surface area contributed by atoms with Crippen molar-refractivity contribution in [3.05, 3.63) is 89.7 Å². The van der Waals surface area contributed by atoms with Crippen LogP contribution < -0.4 is 14.8 Å². The number of hydrogen-bond acceptors (Lipinski definition) is 6. The number of nitrogens with zero attached hydrogens (tertiary/aromatic N) is 3. The second kappa shape index (κ2) is 11.5. The van der Waals surface area contributed by atoms with E-state index < -0.39 is 0 Å². The Morgan fingerprint density at radius 2 is 1.62 bits per heavy atom. The molecule has 0 aliphatic carbocycles. The minimum atomic E-state index is -0.108. The van der Waals surface area contributed by atoms with Crippen molar-refractivity contribution < 1.29 is 14.3 Å². The number of aryl methyl sites for hydroxylation is 1. The maximum Gasteiger partial charge on any atom is 0.234 e. The van der Waals surface area contributed by atoms with E-state index in [-0.39, 0.29) is 23.7 Å². The van der Waals surface area contributed by atoms with Crippen molar-refractivity contribution >= 4 is 23.4 Å². The van der Waals surface area contributed by atoms with E-state index in [4.69, 9.17) is 9.47 Å². The summed E-state index contributed by atoms with van der Waals surface area (Å²) in [6.07, 6.45) is 0. The van der Waals surface area contributed by atoms with Gasteiger partial charge in [-0.05, 0) is 60.4 Å². The van der Waals surface area contributed by atoms with Crippen molar-refractivity contribution in [2.24, 2.45) is 0 Å². The zero-order valence-electron chi connectivity index (χ0n) is 21.8. The summed E-state index contributed by atoms with van der Waals surface area (Å²) in [4.78, 5) is 12.9. The van der Waals surface area contributed by atoms with Crippen LogP contribution in [-0.4, -0.2) is 33.5 Å². The number of benzene rings is 3. The van der Waals surface area contributed by atoms with Crippen molar-refractivity contribution in [1.82, 2.24) is 14.8 Å². The molecule has 0 saturated heterocycles. The summed E-state index contributed by atoms with van der Waals surface area (Å²) < 4.78 is 13.2. The van der Waals surface area contributed by atoms with Gasteiger partial charge in [-0.3, -0.25) is 9.36 Å². The molecule has 7 nitrogen and oxygen atoms in total. The molecule has 1 heterocycles. The molecule has 0 atom stereocenters. The third-order valence-electron chi connectivity index (χ3n) is 5.76. The number of rotatable bonds is 9. The number of aromatic nitrogens is 3. The third-order valence-corrected chi connectivity index (χ3v) is 6.69. The predicted molar refractivity (Wildman–Crippen MR) is 148 cm³/mol. The molecule has 0 radical (unpaired) electrons. The minimum absolute atomic E-state index is 0.0854. The van der Waals surface area contributed by atoms with Gasteiger partial charge in [-0.15, -0.1) is 10.2 Å². The van der Waals surface area contributed by atoms with Gasteiger partial charge in [-0.25, -0.2) is 0 Å². The molecule has 4 aromatic rings. The Balaban J connectivity index is 1.53. The highest BCUT2D eigenvalue weighted by Crippen LogP contribution is 2.30. The van der Waals surface area contributed by atoms with Crippen molar-refractivity contribution in [2.45, 2.75) is 44.9 Å². The van der Waals surface area contributed by atoms with Gasteiger partial charge in [0.25, 0.3) is 0 Å². The molecular formula is C29H32N4O3S. The average molecular weight is 517 g/mol. The molecular weight excluding hydrogens is 484 g/mol. The lowest BCUT2D eigenvalue weighted by Crippen LogP contribution is -2.20. The van der Waals surface area contributed by atoms with E-state index in [2.05, 4.69) is 36.3 Å². The lowest BCUT2D eigenvalue weighted by molar-refractivity contribution is -0.113. The number of carbonyl (C=O) groups excluding carboxylic acids is 1. The first-order chi connectivity index (χ1) is 17.7. The molecule has 8 heteroatoms. The highest BCUT2D eigenvalue weighted by molar-refractivity contribution is 7.99. The van der Waals surface area contributed by atoms with E-state index in [9.17, 15) is 4.79 Å². The molecule has 0 saturated carbocycles. The predicted octanol–water partition coefficient (Wildman–Crippen LogP) is 6.19. The van der Waals surface area contributed by atoms with Gasteiger partial charge in [0, 0.05) is 11.4 Å². The first-order valence-corrected chi connectivity index (χ1v) is 13.0. The molecule has 0 unspecified atom stereocenters. The number of hydrogen-bond donors (Lipinski definition) is 1. The van der Waals surface area contributed by atoms with Gasteiger partial charge in [-0.2, -0.15) is 0 Å². The fourth-order valence-corrected chi connectivity index (χ4v) is 4.59. The maximum absolute atomic E-state index is 12.9. The molecule has 4 rings (SSSR count). The molecule has 0 aliphatic rings. The molecule has 1 N–H and O–H groups in total. The van der Waals surface area contributed by atoms with E-state index in [0.717, 1.165) is 34.0 Å². The number of amides is 1. The van der Waals surface area contributed by atoms with Crippen molar-refractivity contribution in [1.29, 1.82) is 0 Å². The zero-order valence-corrected chi connectivity index (χ0v) is 22.6. The maximum atomic E-state index is 12.9. The number of thioether (sulfide) groups is 1. The van der Waals surface area contributed by atoms with Crippen LogP contribution in [0.1, 0.15) is 37.7 Å². The third kappa shape index (κ3) is 6.71. The number of ether oxygens (including phenoxy) is 2. The van der Waals surface area contributed by atoms with Gasteiger partial charge < -0.3 is 14.8 Å². The van der Waals surface area contributed by atoms with Gasteiger partial charge in [-0.1, -0.05) is 68.4 Å². The number of para-hydroxylation sites is 1. The summed E-state index contributed by atoms with van der Waals surface area (Å²) in [6.45, 7) is 8.65. The van der Waals surface area contributed by atoms with Crippen LogP contribution in [0.25, 0.3) is 5.69 Å². The molecule has 37 heavy (non-hydrogen) atoms. The molecule has 0 bridgehead atoms.